The number of hydrogen-bond donors (Lipinski definition) is 2. The van der Waals surface area contributed by atoms with E-state index in [0.717, 1.165) is 5.56 Å². The van der Waals surface area contributed by atoms with Gasteiger partial charge in [-0.1, -0.05) is 13.8 Å². The van der Waals surface area contributed by atoms with E-state index in [-0.39, 0.29) is 12.6 Å². The van der Waals surface area contributed by atoms with Crippen molar-refractivity contribution >= 4 is 12.0 Å². The summed E-state index contributed by atoms with van der Waals surface area (Å²) in [7, 11) is 0. The van der Waals surface area contributed by atoms with Crippen molar-refractivity contribution < 1.29 is 14.6 Å². The largest absolute Gasteiger partial charge is 0.444 e. The third kappa shape index (κ3) is 4.82. The van der Waals surface area contributed by atoms with Gasteiger partial charge in [-0.05, 0) is 26.3 Å². The van der Waals surface area contributed by atoms with Crippen molar-refractivity contribution in [3.8, 4) is 0 Å². The molecule has 106 valence electrons. The van der Waals surface area contributed by atoms with Gasteiger partial charge in [0.2, 0.25) is 5.95 Å². The topological polar surface area (TPSA) is 84.3 Å². The summed E-state index contributed by atoms with van der Waals surface area (Å²) in [5.41, 5.74) is -0.183. The lowest BCUT2D eigenvalue weighted by Gasteiger charge is -2.21. The highest BCUT2D eigenvalue weighted by atomic mass is 16.6. The number of carbonyl (C=O) groups excluding carboxylic acids is 1. The van der Waals surface area contributed by atoms with Crippen LogP contribution >= 0.6 is 0 Å². The summed E-state index contributed by atoms with van der Waals surface area (Å²) in [6.45, 7) is 9.09. The molecular formula is C13H21N3O3. The van der Waals surface area contributed by atoms with Gasteiger partial charge in [0.25, 0.3) is 0 Å². The second kappa shape index (κ2) is 5.52. The fourth-order valence-electron chi connectivity index (χ4n) is 1.23. The van der Waals surface area contributed by atoms with Gasteiger partial charge in [-0.3, -0.25) is 5.32 Å². The van der Waals surface area contributed by atoms with Gasteiger partial charge in [0.05, 0.1) is 6.61 Å². The van der Waals surface area contributed by atoms with Crippen molar-refractivity contribution in [3.05, 3.63) is 18.0 Å². The maximum Gasteiger partial charge on any atom is 0.414 e. The van der Waals surface area contributed by atoms with Crippen molar-refractivity contribution in [2.45, 2.75) is 45.6 Å². The first-order valence-electron chi connectivity index (χ1n) is 6.07. The van der Waals surface area contributed by atoms with Crippen LogP contribution in [-0.4, -0.2) is 33.4 Å². The second-order valence-electron chi connectivity index (χ2n) is 5.96. The average Bonchev–Trinajstić information content (AvgIpc) is 2.27. The molecule has 1 heterocycles. The number of rotatable bonds is 3. The highest BCUT2D eigenvalue weighted by Gasteiger charge is 2.21. The van der Waals surface area contributed by atoms with E-state index in [4.69, 9.17) is 4.74 Å². The Hall–Kier alpha value is -1.69. The number of carbonyl (C=O) groups is 1. The number of aliphatic hydroxyl groups excluding tert-OH is 1. The summed E-state index contributed by atoms with van der Waals surface area (Å²) < 4.78 is 5.09. The second-order valence-corrected chi connectivity index (χ2v) is 5.96. The highest BCUT2D eigenvalue weighted by molar-refractivity contribution is 5.82. The van der Waals surface area contributed by atoms with Gasteiger partial charge in [0.15, 0.2) is 0 Å². The minimum atomic E-state index is -0.596. The Labute approximate surface area is 113 Å². The Morgan fingerprint density at radius 3 is 2.21 bits per heavy atom. The molecule has 0 unspecified atom stereocenters. The molecule has 0 aliphatic rings. The Bertz CT molecular complexity index is 435. The Morgan fingerprint density at radius 1 is 1.26 bits per heavy atom. The molecule has 1 aromatic heterocycles. The van der Waals surface area contributed by atoms with Crippen LogP contribution in [0.2, 0.25) is 0 Å². The molecule has 1 aromatic rings. The lowest BCUT2D eigenvalue weighted by molar-refractivity contribution is 0.0634. The minimum absolute atomic E-state index is 0.00476. The molecule has 0 bridgehead atoms. The van der Waals surface area contributed by atoms with Crippen molar-refractivity contribution in [1.82, 2.24) is 9.97 Å². The smallest absolute Gasteiger partial charge is 0.414 e. The van der Waals surface area contributed by atoms with Crippen LogP contribution in [0.5, 0.6) is 0 Å². The minimum Gasteiger partial charge on any atom is -0.444 e. The van der Waals surface area contributed by atoms with E-state index in [0.29, 0.717) is 0 Å². The summed E-state index contributed by atoms with van der Waals surface area (Å²) in [5.74, 6) is 0.173. The van der Waals surface area contributed by atoms with E-state index in [1.165, 1.54) is 0 Å². The first-order chi connectivity index (χ1) is 8.64. The van der Waals surface area contributed by atoms with Crippen LogP contribution < -0.4 is 5.32 Å². The molecule has 6 heteroatoms. The molecule has 0 saturated carbocycles. The van der Waals surface area contributed by atoms with Crippen molar-refractivity contribution in [2.75, 3.05) is 11.9 Å². The molecule has 0 aliphatic heterocycles. The van der Waals surface area contributed by atoms with Crippen molar-refractivity contribution in [3.63, 3.8) is 0 Å². The first-order valence-corrected chi connectivity index (χ1v) is 6.07. The molecule has 0 atom stereocenters. The third-order valence-corrected chi connectivity index (χ3v) is 2.44. The number of aromatic nitrogens is 2. The van der Waals surface area contributed by atoms with E-state index in [2.05, 4.69) is 15.3 Å². The van der Waals surface area contributed by atoms with E-state index >= 15 is 0 Å². The van der Waals surface area contributed by atoms with Crippen LogP contribution in [0.1, 0.15) is 40.2 Å². The maximum atomic E-state index is 11.5. The molecule has 0 aliphatic carbocycles. The molecule has 0 saturated heterocycles. The molecule has 1 amide bonds. The summed E-state index contributed by atoms with van der Waals surface area (Å²) in [4.78, 5) is 19.6. The van der Waals surface area contributed by atoms with Crippen molar-refractivity contribution in [2.24, 2.45) is 0 Å². The number of amides is 1. The van der Waals surface area contributed by atoms with Gasteiger partial charge in [-0.2, -0.15) is 0 Å². The molecule has 0 fully saturated rings. The van der Waals surface area contributed by atoms with Gasteiger partial charge in [0, 0.05) is 17.8 Å². The summed E-state index contributed by atoms with van der Waals surface area (Å²) in [6, 6.07) is 0. The molecule has 1 rings (SSSR count). The van der Waals surface area contributed by atoms with E-state index in [9.17, 15) is 9.90 Å². The first kappa shape index (κ1) is 15.4. The highest BCUT2D eigenvalue weighted by Crippen LogP contribution is 2.21. The van der Waals surface area contributed by atoms with Crippen molar-refractivity contribution in [1.29, 1.82) is 0 Å². The Kier molecular flexibility index (Phi) is 4.47. The zero-order chi connectivity index (χ0) is 14.7. The van der Waals surface area contributed by atoms with Crippen LogP contribution in [0.3, 0.4) is 0 Å². The van der Waals surface area contributed by atoms with Crippen LogP contribution in [0.15, 0.2) is 12.4 Å². The monoisotopic (exact) mass is 267 g/mol. The Morgan fingerprint density at radius 2 is 1.79 bits per heavy atom. The van der Waals surface area contributed by atoms with Gasteiger partial charge < -0.3 is 9.84 Å². The van der Waals surface area contributed by atoms with E-state index in [1.807, 2.05) is 13.8 Å². The number of nitrogens with zero attached hydrogens (tertiary/aromatic N) is 2. The SMILES string of the molecule is CC(C)(C)OC(=O)Nc1ncc(C(C)(C)CO)cn1. The normalized spacial score (nSPS) is 12.1. The summed E-state index contributed by atoms with van der Waals surface area (Å²) >= 11 is 0. The fourth-order valence-corrected chi connectivity index (χ4v) is 1.23. The van der Waals surface area contributed by atoms with Crippen LogP contribution in [-0.2, 0) is 10.2 Å². The number of anilines is 1. The van der Waals surface area contributed by atoms with Gasteiger partial charge in [-0.25, -0.2) is 14.8 Å². The predicted octanol–water partition coefficient (Wildman–Crippen LogP) is 2.09. The zero-order valence-corrected chi connectivity index (χ0v) is 12.0. The fraction of sp³-hybridized carbons (Fsp3) is 0.615. The van der Waals surface area contributed by atoms with Crippen LogP contribution in [0.25, 0.3) is 0 Å². The standard InChI is InChI=1S/C13H21N3O3/c1-12(2,3)19-11(18)16-10-14-6-9(7-15-10)13(4,5)8-17/h6-7,17H,8H2,1-5H3,(H,14,15,16,18). The Balaban J connectivity index is 2.70. The zero-order valence-electron chi connectivity index (χ0n) is 12.0. The molecule has 2 N–H and O–H groups in total. The van der Waals surface area contributed by atoms with E-state index in [1.54, 1.807) is 33.2 Å². The third-order valence-electron chi connectivity index (χ3n) is 2.44. The number of ether oxygens (including phenoxy) is 1. The molecule has 0 spiro atoms. The number of nitrogens with one attached hydrogen (secondary N) is 1. The maximum absolute atomic E-state index is 11.5. The lowest BCUT2D eigenvalue weighted by Crippen LogP contribution is -2.28. The number of hydrogen-bond acceptors (Lipinski definition) is 5. The predicted molar refractivity (Wildman–Crippen MR) is 72.0 cm³/mol. The summed E-state index contributed by atoms with van der Waals surface area (Å²) in [6.07, 6.45) is 2.56. The molecular weight excluding hydrogens is 246 g/mol. The molecule has 0 radical (unpaired) electrons. The lowest BCUT2D eigenvalue weighted by atomic mass is 9.88. The summed E-state index contributed by atoms with van der Waals surface area (Å²) in [5, 5.41) is 11.7. The van der Waals surface area contributed by atoms with Gasteiger partial charge in [-0.15, -0.1) is 0 Å². The molecule has 19 heavy (non-hydrogen) atoms. The average molecular weight is 267 g/mol. The van der Waals surface area contributed by atoms with Gasteiger partial charge >= 0.3 is 6.09 Å². The number of aliphatic hydroxyl groups is 1. The van der Waals surface area contributed by atoms with Gasteiger partial charge in [0.1, 0.15) is 5.60 Å². The molecule has 6 nitrogen and oxygen atoms in total. The quantitative estimate of drug-likeness (QED) is 0.876. The van der Waals surface area contributed by atoms with Crippen LogP contribution in [0.4, 0.5) is 10.7 Å². The van der Waals surface area contributed by atoms with E-state index < -0.39 is 17.1 Å². The van der Waals surface area contributed by atoms with Crippen LogP contribution in [0, 0.1) is 0 Å². The molecule has 0 aromatic carbocycles.